The second-order valence-corrected chi connectivity index (χ2v) is 1.19. The molecule has 1 aromatic heterocycles. The number of nitrogens with one attached hydrogen (secondary N) is 1. The first kappa shape index (κ1) is 8.35. The maximum atomic E-state index is 6.00. The van der Waals surface area contributed by atoms with Crippen LogP contribution in [0.25, 0.3) is 0 Å². The number of rotatable bonds is 1. The Morgan fingerprint density at radius 2 is 2.00 bits per heavy atom. The minimum absolute atomic E-state index is 0.944. The summed E-state index contributed by atoms with van der Waals surface area (Å²) in [6, 6.07) is 3.67. The third kappa shape index (κ3) is 6.35. The van der Waals surface area contributed by atoms with Crippen molar-refractivity contribution in [2.75, 3.05) is 0 Å². The minimum Gasteiger partial charge on any atom is -0.473 e. The molecule has 0 aliphatic rings. The second-order valence-electron chi connectivity index (χ2n) is 1.19. The zero-order valence-electron chi connectivity index (χ0n) is 5.27. The van der Waals surface area contributed by atoms with Crippen molar-refractivity contribution >= 4 is 6.34 Å². The first-order valence-electron chi connectivity index (χ1n) is 2.47. The summed E-state index contributed by atoms with van der Waals surface area (Å²) in [6.45, 7) is 0. The molecule has 10 heavy (non-hydrogen) atoms. The molecule has 0 aliphatic carbocycles. The highest BCUT2D eigenvalue weighted by Crippen LogP contribution is 1.79. The van der Waals surface area contributed by atoms with Crippen LogP contribution in [0.5, 0.6) is 0 Å². The van der Waals surface area contributed by atoms with Crippen molar-refractivity contribution in [1.29, 1.82) is 5.53 Å². The first-order valence-corrected chi connectivity index (χ1v) is 2.47. The molecule has 0 fully saturated rings. The SMILES string of the molecule is N=NC=NN.c1ccoc1. The van der Waals surface area contributed by atoms with Crippen molar-refractivity contribution < 1.29 is 4.42 Å². The average molecular weight is 140 g/mol. The van der Waals surface area contributed by atoms with Crippen LogP contribution in [0.3, 0.4) is 0 Å². The van der Waals surface area contributed by atoms with Crippen LogP contribution in [0.1, 0.15) is 0 Å². The molecule has 1 rings (SSSR count). The van der Waals surface area contributed by atoms with Crippen molar-refractivity contribution in [3.05, 3.63) is 24.7 Å². The van der Waals surface area contributed by atoms with E-state index in [9.17, 15) is 0 Å². The van der Waals surface area contributed by atoms with E-state index in [1.807, 2.05) is 12.1 Å². The molecule has 0 amide bonds. The van der Waals surface area contributed by atoms with Crippen LogP contribution in [0.2, 0.25) is 0 Å². The van der Waals surface area contributed by atoms with E-state index in [0.717, 1.165) is 6.34 Å². The molecule has 0 saturated heterocycles. The van der Waals surface area contributed by atoms with E-state index in [4.69, 9.17) is 5.53 Å². The number of hydrogen-bond acceptors (Lipinski definition) is 4. The van der Waals surface area contributed by atoms with Crippen molar-refractivity contribution in [3.63, 3.8) is 0 Å². The molecule has 54 valence electrons. The predicted molar refractivity (Wildman–Crippen MR) is 36.5 cm³/mol. The van der Waals surface area contributed by atoms with E-state index < -0.39 is 0 Å². The van der Waals surface area contributed by atoms with Gasteiger partial charge in [-0.05, 0) is 12.1 Å². The summed E-state index contributed by atoms with van der Waals surface area (Å²) in [6.07, 6.45) is 4.19. The maximum absolute atomic E-state index is 6.00. The highest BCUT2D eigenvalue weighted by molar-refractivity contribution is 5.52. The zero-order valence-corrected chi connectivity index (χ0v) is 5.27. The Hall–Kier alpha value is -1.65. The molecule has 0 bridgehead atoms. The lowest BCUT2D eigenvalue weighted by atomic mass is 10.7. The summed E-state index contributed by atoms with van der Waals surface area (Å²) < 4.78 is 4.58. The van der Waals surface area contributed by atoms with Crippen molar-refractivity contribution in [2.45, 2.75) is 0 Å². The Morgan fingerprint density at radius 1 is 1.40 bits per heavy atom. The van der Waals surface area contributed by atoms with Gasteiger partial charge >= 0.3 is 0 Å². The van der Waals surface area contributed by atoms with Crippen molar-refractivity contribution in [1.82, 2.24) is 0 Å². The maximum Gasteiger partial charge on any atom is 0.156 e. The van der Waals surface area contributed by atoms with Gasteiger partial charge in [0, 0.05) is 0 Å². The number of furan rings is 1. The number of nitrogens with zero attached hydrogens (tertiary/aromatic N) is 2. The monoisotopic (exact) mass is 140 g/mol. The zero-order chi connectivity index (χ0) is 7.66. The van der Waals surface area contributed by atoms with Gasteiger partial charge in [-0.25, -0.2) is 5.53 Å². The van der Waals surface area contributed by atoms with E-state index in [0.29, 0.717) is 0 Å². The Morgan fingerprint density at radius 3 is 2.10 bits per heavy atom. The molecular weight excluding hydrogens is 132 g/mol. The standard InChI is InChI=1S/C4H4O.CH4N4/c1-2-4-5-3-1;2-4-1-5-3/h1-4H;1-2H,3H2. The molecule has 1 heterocycles. The topological polar surface area (TPSA) is 87.7 Å². The van der Waals surface area contributed by atoms with Crippen molar-refractivity contribution in [2.24, 2.45) is 16.1 Å². The van der Waals surface area contributed by atoms with E-state index in [-0.39, 0.29) is 0 Å². The summed E-state index contributed by atoms with van der Waals surface area (Å²) >= 11 is 0. The molecule has 0 spiro atoms. The largest absolute Gasteiger partial charge is 0.473 e. The molecule has 0 radical (unpaired) electrons. The van der Waals surface area contributed by atoms with Gasteiger partial charge in [0.2, 0.25) is 0 Å². The van der Waals surface area contributed by atoms with E-state index >= 15 is 0 Å². The van der Waals surface area contributed by atoms with Gasteiger partial charge in [-0.1, -0.05) is 0 Å². The van der Waals surface area contributed by atoms with Crippen LogP contribution in [0, 0.1) is 5.53 Å². The smallest absolute Gasteiger partial charge is 0.156 e. The molecule has 5 nitrogen and oxygen atoms in total. The molecule has 5 heteroatoms. The fraction of sp³-hybridized carbons (Fsp3) is 0. The van der Waals surface area contributed by atoms with E-state index in [2.05, 4.69) is 20.5 Å². The molecule has 3 N–H and O–H groups in total. The average Bonchev–Trinajstić information content (AvgIpc) is 2.44. The third-order valence-corrected chi connectivity index (χ3v) is 0.550. The van der Waals surface area contributed by atoms with Crippen LogP contribution in [-0.4, -0.2) is 6.34 Å². The number of nitrogens with two attached hydrogens (primary N) is 1. The molecule has 0 aliphatic heterocycles. The van der Waals surface area contributed by atoms with Crippen LogP contribution >= 0.6 is 0 Å². The van der Waals surface area contributed by atoms with Gasteiger partial charge < -0.3 is 10.3 Å². The molecule has 0 atom stereocenters. The van der Waals surface area contributed by atoms with Crippen molar-refractivity contribution in [3.8, 4) is 0 Å². The van der Waals surface area contributed by atoms with Crippen LogP contribution in [0.4, 0.5) is 0 Å². The molecular formula is C5H8N4O. The quantitative estimate of drug-likeness (QED) is 0.202. The normalized spacial score (nSPS) is 8.40. The Kier molecular flexibility index (Phi) is 6.14. The minimum atomic E-state index is 0.944. The van der Waals surface area contributed by atoms with Gasteiger partial charge in [0.1, 0.15) is 0 Å². The lowest BCUT2D eigenvalue weighted by Crippen LogP contribution is -1.75. The second kappa shape index (κ2) is 7.35. The Bertz CT molecular complexity index is 153. The Balaban J connectivity index is 0.000000162. The highest BCUT2D eigenvalue weighted by atomic mass is 16.3. The molecule has 0 saturated carbocycles. The fourth-order valence-corrected chi connectivity index (χ4v) is 0.260. The lowest BCUT2D eigenvalue weighted by molar-refractivity contribution is 0.567. The van der Waals surface area contributed by atoms with Crippen LogP contribution in [-0.2, 0) is 0 Å². The molecule has 1 aromatic rings. The number of hydrazone groups is 1. The number of hydrogen-bond donors (Lipinski definition) is 2. The molecule has 0 aromatic carbocycles. The molecule has 0 unspecified atom stereocenters. The van der Waals surface area contributed by atoms with Gasteiger partial charge in [0.15, 0.2) is 6.34 Å². The van der Waals surface area contributed by atoms with E-state index in [1.54, 1.807) is 12.5 Å². The summed E-state index contributed by atoms with van der Waals surface area (Å²) in [5.41, 5.74) is 6.00. The summed E-state index contributed by atoms with van der Waals surface area (Å²) in [4.78, 5) is 0. The van der Waals surface area contributed by atoms with Gasteiger partial charge in [-0.15, -0.1) is 5.11 Å². The van der Waals surface area contributed by atoms with Crippen LogP contribution in [0.15, 0.2) is 39.3 Å². The van der Waals surface area contributed by atoms with E-state index in [1.165, 1.54) is 0 Å². The van der Waals surface area contributed by atoms with Gasteiger partial charge in [-0.2, -0.15) is 5.10 Å². The third-order valence-electron chi connectivity index (χ3n) is 0.550. The first-order chi connectivity index (χ1) is 4.91. The fourth-order valence-electron chi connectivity index (χ4n) is 0.260. The summed E-state index contributed by atoms with van der Waals surface area (Å²) in [7, 11) is 0. The van der Waals surface area contributed by atoms with Gasteiger partial charge in [0.05, 0.1) is 12.5 Å². The van der Waals surface area contributed by atoms with Gasteiger partial charge in [0.25, 0.3) is 0 Å². The highest BCUT2D eigenvalue weighted by Gasteiger charge is 1.58. The lowest BCUT2D eigenvalue weighted by Gasteiger charge is -1.58. The summed E-state index contributed by atoms with van der Waals surface area (Å²) in [5, 5.41) is 5.56. The van der Waals surface area contributed by atoms with Crippen LogP contribution < -0.4 is 5.84 Å². The summed E-state index contributed by atoms with van der Waals surface area (Å²) in [5.74, 6) is 4.49. The van der Waals surface area contributed by atoms with Gasteiger partial charge in [-0.3, -0.25) is 0 Å². The predicted octanol–water partition coefficient (Wildman–Crippen LogP) is 1.20. The Labute approximate surface area is 58.0 Å².